The molecule has 1 saturated heterocycles. The normalized spacial score (nSPS) is 18.8. The lowest BCUT2D eigenvalue weighted by molar-refractivity contribution is -0.141. The Balaban J connectivity index is 1.87. The highest BCUT2D eigenvalue weighted by molar-refractivity contribution is 5.79. The first-order chi connectivity index (χ1) is 8.99. The number of aliphatic carboxylic acids is 1. The maximum absolute atomic E-state index is 12.0. The minimum atomic E-state index is -0.818. The molecule has 1 atom stereocenters. The number of aromatic nitrogens is 1. The molecule has 6 heteroatoms. The molecule has 0 aromatic carbocycles. The van der Waals surface area contributed by atoms with Gasteiger partial charge >= 0.3 is 5.97 Å². The lowest BCUT2D eigenvalue weighted by Crippen LogP contribution is -2.30. The molecule has 1 fully saturated rings. The van der Waals surface area contributed by atoms with Gasteiger partial charge in [0.15, 0.2) is 0 Å². The van der Waals surface area contributed by atoms with Gasteiger partial charge in [0.25, 0.3) is 0 Å². The molecule has 2 rings (SSSR count). The smallest absolute Gasteiger partial charge is 0.308 e. The Labute approximate surface area is 111 Å². The van der Waals surface area contributed by atoms with Crippen molar-refractivity contribution in [3.8, 4) is 0 Å². The van der Waals surface area contributed by atoms with E-state index in [-0.39, 0.29) is 5.91 Å². The summed E-state index contributed by atoms with van der Waals surface area (Å²) in [6.45, 7) is 4.55. The largest absolute Gasteiger partial charge is 0.481 e. The van der Waals surface area contributed by atoms with E-state index in [9.17, 15) is 9.59 Å². The summed E-state index contributed by atoms with van der Waals surface area (Å²) in [4.78, 5) is 24.5. The molecule has 0 radical (unpaired) electrons. The van der Waals surface area contributed by atoms with E-state index in [4.69, 9.17) is 9.63 Å². The van der Waals surface area contributed by atoms with Crippen LogP contribution in [0, 0.1) is 19.8 Å². The van der Waals surface area contributed by atoms with Crippen molar-refractivity contribution in [2.45, 2.75) is 33.1 Å². The molecular formula is C13H18N2O4. The molecule has 0 bridgehead atoms. The van der Waals surface area contributed by atoms with E-state index in [1.165, 1.54) is 0 Å². The maximum atomic E-state index is 12.0. The Kier molecular flexibility index (Phi) is 3.87. The summed E-state index contributed by atoms with van der Waals surface area (Å²) in [5.74, 6) is -0.483. The van der Waals surface area contributed by atoms with Gasteiger partial charge < -0.3 is 14.5 Å². The minimum Gasteiger partial charge on any atom is -0.481 e. The first kappa shape index (κ1) is 13.6. The van der Waals surface area contributed by atoms with Gasteiger partial charge in [-0.3, -0.25) is 9.59 Å². The molecule has 0 spiro atoms. The quantitative estimate of drug-likeness (QED) is 0.884. The van der Waals surface area contributed by atoms with Crippen molar-refractivity contribution in [2.75, 3.05) is 13.1 Å². The average Bonchev–Trinajstić information content (AvgIpc) is 2.95. The molecule has 1 aromatic heterocycles. The van der Waals surface area contributed by atoms with Crippen LogP contribution in [0.3, 0.4) is 0 Å². The number of carboxylic acids is 1. The Morgan fingerprint density at radius 2 is 2.21 bits per heavy atom. The van der Waals surface area contributed by atoms with E-state index in [2.05, 4.69) is 5.16 Å². The van der Waals surface area contributed by atoms with Crippen LogP contribution in [0.5, 0.6) is 0 Å². The summed E-state index contributed by atoms with van der Waals surface area (Å²) < 4.78 is 5.05. The third-order valence-electron chi connectivity index (χ3n) is 3.66. The fraction of sp³-hybridized carbons (Fsp3) is 0.615. The van der Waals surface area contributed by atoms with Gasteiger partial charge in [-0.15, -0.1) is 0 Å². The summed E-state index contributed by atoms with van der Waals surface area (Å²) in [6.07, 6.45) is 1.51. The zero-order valence-electron chi connectivity index (χ0n) is 11.2. The Hall–Kier alpha value is -1.85. The first-order valence-corrected chi connectivity index (χ1v) is 6.41. The second-order valence-electron chi connectivity index (χ2n) is 4.97. The summed E-state index contributed by atoms with van der Waals surface area (Å²) in [6, 6.07) is 0. The Morgan fingerprint density at radius 3 is 2.74 bits per heavy atom. The summed E-state index contributed by atoms with van der Waals surface area (Å²) >= 11 is 0. The molecule has 1 N–H and O–H groups in total. The van der Waals surface area contributed by atoms with Crippen LogP contribution in [-0.2, 0) is 16.0 Å². The standard InChI is InChI=1S/C13H18N2O4/c1-8-11(9(2)19-14-8)3-4-12(16)15-6-5-10(7-15)13(17)18/h10H,3-7H2,1-2H3,(H,17,18). The molecule has 1 aliphatic heterocycles. The molecule has 1 aliphatic rings. The highest BCUT2D eigenvalue weighted by atomic mass is 16.5. The zero-order valence-corrected chi connectivity index (χ0v) is 11.2. The highest BCUT2D eigenvalue weighted by Gasteiger charge is 2.30. The van der Waals surface area contributed by atoms with Gasteiger partial charge in [-0.05, 0) is 26.7 Å². The molecule has 6 nitrogen and oxygen atoms in total. The van der Waals surface area contributed by atoms with E-state index in [1.807, 2.05) is 13.8 Å². The number of carbonyl (C=O) groups excluding carboxylic acids is 1. The maximum Gasteiger partial charge on any atom is 0.308 e. The van der Waals surface area contributed by atoms with Gasteiger partial charge in [-0.2, -0.15) is 0 Å². The lowest BCUT2D eigenvalue weighted by Gasteiger charge is -2.15. The molecule has 2 heterocycles. The predicted octanol–water partition coefficient (Wildman–Crippen LogP) is 1.16. The molecule has 1 aromatic rings. The predicted molar refractivity (Wildman–Crippen MR) is 66.6 cm³/mol. The van der Waals surface area contributed by atoms with Crippen molar-refractivity contribution in [1.29, 1.82) is 0 Å². The highest BCUT2D eigenvalue weighted by Crippen LogP contribution is 2.19. The van der Waals surface area contributed by atoms with Crippen LogP contribution >= 0.6 is 0 Å². The van der Waals surface area contributed by atoms with E-state index < -0.39 is 11.9 Å². The number of hydrogen-bond acceptors (Lipinski definition) is 4. The number of likely N-dealkylation sites (tertiary alicyclic amines) is 1. The molecule has 0 saturated carbocycles. The third-order valence-corrected chi connectivity index (χ3v) is 3.66. The van der Waals surface area contributed by atoms with E-state index in [1.54, 1.807) is 4.90 Å². The van der Waals surface area contributed by atoms with Crippen molar-refractivity contribution < 1.29 is 19.2 Å². The van der Waals surface area contributed by atoms with Crippen LogP contribution in [0.1, 0.15) is 29.9 Å². The number of amides is 1. The summed E-state index contributed by atoms with van der Waals surface area (Å²) in [7, 11) is 0. The Morgan fingerprint density at radius 1 is 1.47 bits per heavy atom. The number of nitrogens with zero attached hydrogens (tertiary/aromatic N) is 2. The third kappa shape index (κ3) is 2.94. The topological polar surface area (TPSA) is 83.6 Å². The SMILES string of the molecule is Cc1noc(C)c1CCC(=O)N1CCC(C(=O)O)C1. The van der Waals surface area contributed by atoms with Crippen LogP contribution in [0.15, 0.2) is 4.52 Å². The van der Waals surface area contributed by atoms with Crippen LogP contribution < -0.4 is 0 Å². The van der Waals surface area contributed by atoms with Crippen LogP contribution in [-0.4, -0.2) is 40.1 Å². The molecule has 0 aliphatic carbocycles. The number of carbonyl (C=O) groups is 2. The van der Waals surface area contributed by atoms with Gasteiger partial charge in [0.2, 0.25) is 5.91 Å². The van der Waals surface area contributed by atoms with Crippen LogP contribution in [0.25, 0.3) is 0 Å². The van der Waals surface area contributed by atoms with E-state index in [0.717, 1.165) is 17.0 Å². The van der Waals surface area contributed by atoms with Crippen molar-refractivity contribution in [3.63, 3.8) is 0 Å². The molecular weight excluding hydrogens is 248 g/mol. The molecule has 1 unspecified atom stereocenters. The summed E-state index contributed by atoms with van der Waals surface area (Å²) in [5.41, 5.74) is 1.79. The minimum absolute atomic E-state index is 0.00347. The van der Waals surface area contributed by atoms with Crippen molar-refractivity contribution >= 4 is 11.9 Å². The fourth-order valence-electron chi connectivity index (χ4n) is 2.44. The second-order valence-corrected chi connectivity index (χ2v) is 4.97. The van der Waals surface area contributed by atoms with Crippen LogP contribution in [0.4, 0.5) is 0 Å². The molecule has 1 amide bonds. The number of aryl methyl sites for hydroxylation is 2. The van der Waals surface area contributed by atoms with Crippen molar-refractivity contribution in [3.05, 3.63) is 17.0 Å². The molecule has 19 heavy (non-hydrogen) atoms. The number of hydrogen-bond donors (Lipinski definition) is 1. The van der Waals surface area contributed by atoms with E-state index >= 15 is 0 Å². The van der Waals surface area contributed by atoms with Crippen LogP contribution in [0.2, 0.25) is 0 Å². The zero-order chi connectivity index (χ0) is 14.0. The van der Waals surface area contributed by atoms with Gasteiger partial charge in [0.05, 0.1) is 11.6 Å². The Bertz CT molecular complexity index is 475. The first-order valence-electron chi connectivity index (χ1n) is 6.41. The number of carboxylic acid groups (broad SMARTS) is 1. The monoisotopic (exact) mass is 266 g/mol. The fourth-order valence-corrected chi connectivity index (χ4v) is 2.44. The van der Waals surface area contributed by atoms with Gasteiger partial charge in [-0.25, -0.2) is 0 Å². The van der Waals surface area contributed by atoms with Crippen molar-refractivity contribution in [2.24, 2.45) is 5.92 Å². The molecule has 104 valence electrons. The summed E-state index contributed by atoms with van der Waals surface area (Å²) in [5, 5.41) is 12.8. The van der Waals surface area contributed by atoms with Gasteiger partial charge in [0.1, 0.15) is 5.76 Å². The van der Waals surface area contributed by atoms with Gasteiger partial charge in [0, 0.05) is 25.1 Å². The van der Waals surface area contributed by atoms with Crippen molar-refractivity contribution in [1.82, 2.24) is 10.1 Å². The lowest BCUT2D eigenvalue weighted by atomic mass is 10.1. The number of rotatable bonds is 4. The average molecular weight is 266 g/mol. The van der Waals surface area contributed by atoms with E-state index in [0.29, 0.717) is 32.4 Å². The second kappa shape index (κ2) is 5.42. The van der Waals surface area contributed by atoms with Gasteiger partial charge in [-0.1, -0.05) is 5.16 Å².